The van der Waals surface area contributed by atoms with Gasteiger partial charge in [0.25, 0.3) is 0 Å². The van der Waals surface area contributed by atoms with Crippen LogP contribution in [-0.2, 0) is 9.53 Å². The molecule has 1 fully saturated rings. The van der Waals surface area contributed by atoms with Gasteiger partial charge in [0.1, 0.15) is 24.4 Å². The smallest absolute Gasteiger partial charge is 0.394 e. The van der Waals surface area contributed by atoms with Crippen molar-refractivity contribution >= 4 is 11.6 Å². The lowest BCUT2D eigenvalue weighted by molar-refractivity contribution is -0.214. The molecule has 24 heavy (non-hydrogen) atoms. The minimum Gasteiger partial charge on any atom is -0.394 e. The number of carbonyl (C=O) groups is 1. The van der Waals surface area contributed by atoms with E-state index in [1.165, 1.54) is 18.2 Å². The predicted molar refractivity (Wildman–Crippen MR) is 72.7 cm³/mol. The van der Waals surface area contributed by atoms with Gasteiger partial charge in [0.05, 0.1) is 6.61 Å². The molecule has 134 valence electrons. The molecule has 1 heterocycles. The maximum absolute atomic E-state index is 14.3. The molecule has 1 aromatic rings. The summed E-state index contributed by atoms with van der Waals surface area (Å²) in [5, 5.41) is 30.0. The van der Waals surface area contributed by atoms with Crippen molar-refractivity contribution in [2.24, 2.45) is 0 Å². The minimum atomic E-state index is -5.14. The summed E-state index contributed by atoms with van der Waals surface area (Å²) in [5.74, 6) is -2.25. The number of para-hydroxylation sites is 1. The number of hydrogen-bond acceptors (Lipinski definition) is 5. The number of aliphatic hydroxyl groups excluding tert-OH is 3. The summed E-state index contributed by atoms with van der Waals surface area (Å²) in [4.78, 5) is 11.1. The maximum Gasteiger partial charge on any atom is 0.471 e. The number of nitrogens with one attached hydrogen (secondary N) is 1. The molecule has 0 aliphatic carbocycles. The van der Waals surface area contributed by atoms with Crippen molar-refractivity contribution in [3.63, 3.8) is 0 Å². The largest absolute Gasteiger partial charge is 0.471 e. The van der Waals surface area contributed by atoms with Crippen LogP contribution in [0.4, 0.5) is 23.2 Å². The highest BCUT2D eigenvalue weighted by Gasteiger charge is 2.46. The first-order valence-electron chi connectivity index (χ1n) is 6.90. The Labute approximate surface area is 133 Å². The van der Waals surface area contributed by atoms with Crippen LogP contribution in [0.15, 0.2) is 24.3 Å². The van der Waals surface area contributed by atoms with E-state index in [1.54, 1.807) is 5.32 Å². The number of amides is 1. The number of ether oxygens (including phenoxy) is 1. The zero-order chi connectivity index (χ0) is 18.1. The van der Waals surface area contributed by atoms with E-state index in [2.05, 4.69) is 0 Å². The maximum atomic E-state index is 14.3. The van der Waals surface area contributed by atoms with E-state index >= 15 is 0 Å². The highest BCUT2D eigenvalue weighted by atomic mass is 19.4. The second-order valence-electron chi connectivity index (χ2n) is 5.24. The summed E-state index contributed by atoms with van der Waals surface area (Å²) in [6, 6.07) is 5.02. The van der Waals surface area contributed by atoms with Gasteiger partial charge in [-0.15, -0.1) is 0 Å². The molecular weight excluding hydrogens is 338 g/mol. The molecule has 10 heteroatoms. The van der Waals surface area contributed by atoms with Crippen LogP contribution in [0, 0.1) is 0 Å². The summed E-state index contributed by atoms with van der Waals surface area (Å²) < 4.78 is 56.6. The van der Waals surface area contributed by atoms with Crippen LogP contribution in [0.3, 0.4) is 0 Å². The van der Waals surface area contributed by atoms with Crippen molar-refractivity contribution in [3.05, 3.63) is 29.8 Å². The van der Waals surface area contributed by atoms with E-state index in [9.17, 15) is 32.6 Å². The second kappa shape index (κ2) is 7.01. The summed E-state index contributed by atoms with van der Waals surface area (Å²) in [6.45, 7) is -0.738. The zero-order valence-corrected chi connectivity index (χ0v) is 12.1. The molecule has 4 N–H and O–H groups in total. The summed E-state index contributed by atoms with van der Waals surface area (Å²) in [5.41, 5.74) is -0.514. The highest BCUT2D eigenvalue weighted by molar-refractivity contribution is 5.95. The SMILES string of the molecule is O=C(Nc1ccccc1[C@@H]1O[C@H](CO)[C@@H](O)[C@H](O)[C@H]1F)C(F)(F)F. The highest BCUT2D eigenvalue weighted by Crippen LogP contribution is 2.37. The standard InChI is InChI=1S/C14H15F4NO5/c15-9-11(22)10(21)8(5-20)24-12(9)6-3-1-2-4-7(6)19-13(23)14(16,17)18/h1-4,8-12,20-22H,5H2,(H,19,23)/t8-,9-,10-,11-,12+/m1/s1. The number of rotatable bonds is 3. The van der Waals surface area contributed by atoms with Gasteiger partial charge in [-0.1, -0.05) is 18.2 Å². The third-order valence-corrected chi connectivity index (χ3v) is 3.62. The van der Waals surface area contributed by atoms with Gasteiger partial charge in [-0.3, -0.25) is 4.79 Å². The van der Waals surface area contributed by atoms with Crippen LogP contribution in [0.1, 0.15) is 11.7 Å². The minimum absolute atomic E-state index is 0.160. The van der Waals surface area contributed by atoms with Gasteiger partial charge in [-0.25, -0.2) is 4.39 Å². The second-order valence-corrected chi connectivity index (χ2v) is 5.24. The molecule has 0 radical (unpaired) electrons. The van der Waals surface area contributed by atoms with Gasteiger partial charge in [0, 0.05) is 11.3 Å². The monoisotopic (exact) mass is 353 g/mol. The van der Waals surface area contributed by atoms with Crippen molar-refractivity contribution < 1.29 is 42.4 Å². The van der Waals surface area contributed by atoms with E-state index in [0.717, 1.165) is 6.07 Å². The lowest BCUT2D eigenvalue weighted by atomic mass is 9.91. The zero-order valence-electron chi connectivity index (χ0n) is 12.1. The van der Waals surface area contributed by atoms with Gasteiger partial charge in [-0.2, -0.15) is 13.2 Å². The molecule has 0 aromatic heterocycles. The molecule has 1 saturated heterocycles. The van der Waals surface area contributed by atoms with Crippen LogP contribution in [0.2, 0.25) is 0 Å². The third kappa shape index (κ3) is 3.66. The quantitative estimate of drug-likeness (QED) is 0.599. The Balaban J connectivity index is 2.33. The predicted octanol–water partition coefficient (Wildman–Crippen LogP) is 0.679. The van der Waals surface area contributed by atoms with Crippen molar-refractivity contribution in [3.8, 4) is 0 Å². The van der Waals surface area contributed by atoms with E-state index in [4.69, 9.17) is 9.84 Å². The molecule has 0 unspecified atom stereocenters. The van der Waals surface area contributed by atoms with Crippen molar-refractivity contribution in [2.75, 3.05) is 11.9 Å². The van der Waals surface area contributed by atoms with E-state index in [0.29, 0.717) is 0 Å². The van der Waals surface area contributed by atoms with Crippen LogP contribution < -0.4 is 5.32 Å². The van der Waals surface area contributed by atoms with Crippen LogP contribution in [-0.4, -0.2) is 58.5 Å². The average Bonchev–Trinajstić information content (AvgIpc) is 2.53. The first kappa shape index (κ1) is 18.6. The first-order chi connectivity index (χ1) is 11.2. The van der Waals surface area contributed by atoms with Gasteiger partial charge in [0.15, 0.2) is 6.17 Å². The molecule has 1 amide bonds. The number of hydrogen-bond donors (Lipinski definition) is 4. The van der Waals surface area contributed by atoms with E-state index in [1.807, 2.05) is 0 Å². The molecule has 1 aliphatic heterocycles. The van der Waals surface area contributed by atoms with Gasteiger partial charge in [-0.05, 0) is 6.07 Å². The molecule has 5 atom stereocenters. The number of anilines is 1. The Hall–Kier alpha value is -1.75. The molecule has 2 rings (SSSR count). The number of halogens is 4. The average molecular weight is 353 g/mol. The summed E-state index contributed by atoms with van der Waals surface area (Å²) in [6.07, 6.45) is -13.8. The summed E-state index contributed by atoms with van der Waals surface area (Å²) >= 11 is 0. The fraction of sp³-hybridized carbons (Fsp3) is 0.500. The molecular formula is C14H15F4NO5. The van der Waals surface area contributed by atoms with Gasteiger partial charge >= 0.3 is 12.1 Å². The Morgan fingerprint density at radius 3 is 2.42 bits per heavy atom. The van der Waals surface area contributed by atoms with Crippen LogP contribution >= 0.6 is 0 Å². The fourth-order valence-corrected chi connectivity index (χ4v) is 2.38. The first-order valence-corrected chi connectivity index (χ1v) is 6.90. The molecule has 1 aromatic carbocycles. The van der Waals surface area contributed by atoms with Crippen LogP contribution in [0.25, 0.3) is 0 Å². The molecule has 1 aliphatic rings. The fourth-order valence-electron chi connectivity index (χ4n) is 2.38. The van der Waals surface area contributed by atoms with E-state index in [-0.39, 0.29) is 11.3 Å². The Kier molecular flexibility index (Phi) is 5.43. The Morgan fingerprint density at radius 2 is 1.83 bits per heavy atom. The number of carbonyl (C=O) groups excluding carboxylic acids is 1. The molecule has 6 nitrogen and oxygen atoms in total. The third-order valence-electron chi connectivity index (χ3n) is 3.62. The lowest BCUT2D eigenvalue weighted by Gasteiger charge is -2.39. The van der Waals surface area contributed by atoms with Crippen molar-refractivity contribution in [2.45, 2.75) is 36.8 Å². The number of alkyl halides is 4. The number of aliphatic hydroxyl groups is 3. The Morgan fingerprint density at radius 1 is 1.21 bits per heavy atom. The normalized spacial score (nSPS) is 30.9. The van der Waals surface area contributed by atoms with Crippen molar-refractivity contribution in [1.29, 1.82) is 0 Å². The molecule has 0 spiro atoms. The van der Waals surface area contributed by atoms with E-state index < -0.39 is 49.3 Å². The topological polar surface area (TPSA) is 99.0 Å². The number of benzene rings is 1. The molecule has 0 saturated carbocycles. The van der Waals surface area contributed by atoms with Crippen LogP contribution in [0.5, 0.6) is 0 Å². The molecule has 0 bridgehead atoms. The summed E-state index contributed by atoms with van der Waals surface area (Å²) in [7, 11) is 0. The Bertz CT molecular complexity index is 595. The lowest BCUT2D eigenvalue weighted by Crippen LogP contribution is -2.53. The van der Waals surface area contributed by atoms with Crippen molar-refractivity contribution in [1.82, 2.24) is 0 Å². The van der Waals surface area contributed by atoms with Gasteiger partial charge < -0.3 is 25.4 Å². The van der Waals surface area contributed by atoms with Gasteiger partial charge in [0.2, 0.25) is 0 Å².